The molecule has 0 spiro atoms. The second kappa shape index (κ2) is 7.50. The molecule has 0 amide bonds. The van der Waals surface area contributed by atoms with Crippen molar-refractivity contribution in [2.24, 2.45) is 7.05 Å². The molecule has 3 heterocycles. The minimum Gasteiger partial charge on any atom is -0.368 e. The first-order valence-electron chi connectivity index (χ1n) is 8.59. The smallest absolute Gasteiger partial charge is 0.266 e. The van der Waals surface area contributed by atoms with Gasteiger partial charge < -0.3 is 15.1 Å². The van der Waals surface area contributed by atoms with E-state index in [0.29, 0.717) is 6.04 Å². The molecule has 3 rings (SSSR count). The zero-order valence-corrected chi connectivity index (χ0v) is 15.0. The Hall–Kier alpha value is -2.64. The van der Waals surface area contributed by atoms with Crippen molar-refractivity contribution in [1.29, 1.82) is 0 Å². The van der Waals surface area contributed by atoms with Gasteiger partial charge in [0, 0.05) is 52.4 Å². The van der Waals surface area contributed by atoms with Crippen LogP contribution in [0.4, 0.5) is 17.5 Å². The van der Waals surface area contributed by atoms with Gasteiger partial charge in [0.25, 0.3) is 5.56 Å². The maximum Gasteiger partial charge on any atom is 0.266 e. The molecule has 1 aliphatic rings. The lowest BCUT2D eigenvalue weighted by Gasteiger charge is -2.36. The van der Waals surface area contributed by atoms with Gasteiger partial charge in [-0.15, -0.1) is 0 Å². The molecule has 1 atom stereocenters. The molecule has 0 bridgehead atoms. The monoisotopic (exact) mass is 343 g/mol. The number of anilines is 3. The highest BCUT2D eigenvalue weighted by molar-refractivity contribution is 5.48. The van der Waals surface area contributed by atoms with Crippen molar-refractivity contribution in [2.75, 3.05) is 42.3 Å². The van der Waals surface area contributed by atoms with Crippen LogP contribution in [0.3, 0.4) is 0 Å². The number of aryl methyl sites for hydroxylation is 1. The molecule has 1 N–H and O–H groups in total. The topological polar surface area (TPSA) is 79.2 Å². The number of piperidine rings is 1. The van der Waals surface area contributed by atoms with Crippen molar-refractivity contribution in [3.05, 3.63) is 34.9 Å². The molecule has 1 saturated heterocycles. The molecule has 0 saturated carbocycles. The van der Waals surface area contributed by atoms with E-state index in [2.05, 4.69) is 25.3 Å². The van der Waals surface area contributed by atoms with Crippen molar-refractivity contribution in [3.63, 3.8) is 0 Å². The summed E-state index contributed by atoms with van der Waals surface area (Å²) in [4.78, 5) is 24.4. The number of rotatable bonds is 5. The molecule has 134 valence electrons. The first-order valence-corrected chi connectivity index (χ1v) is 8.59. The fraction of sp³-hybridized carbons (Fsp3) is 0.529. The van der Waals surface area contributed by atoms with Gasteiger partial charge in [0.2, 0.25) is 0 Å². The fourth-order valence-electron chi connectivity index (χ4n) is 3.07. The maximum absolute atomic E-state index is 11.6. The third-order valence-corrected chi connectivity index (χ3v) is 4.50. The van der Waals surface area contributed by atoms with Gasteiger partial charge in [0.05, 0.1) is 0 Å². The normalized spacial score (nSPS) is 17.4. The Balaban J connectivity index is 1.72. The highest BCUT2D eigenvalue weighted by atomic mass is 16.1. The van der Waals surface area contributed by atoms with Gasteiger partial charge in [0.15, 0.2) is 0 Å². The molecule has 1 fully saturated rings. The number of hydrogen-bond acceptors (Lipinski definition) is 7. The fourth-order valence-corrected chi connectivity index (χ4v) is 3.07. The molecule has 2 aromatic rings. The summed E-state index contributed by atoms with van der Waals surface area (Å²) in [6.45, 7) is 1.72. The van der Waals surface area contributed by atoms with Crippen LogP contribution in [-0.4, -0.2) is 53.0 Å². The van der Waals surface area contributed by atoms with Gasteiger partial charge in [-0.3, -0.25) is 4.79 Å². The summed E-state index contributed by atoms with van der Waals surface area (Å²) in [6.07, 6.45) is 4.99. The van der Waals surface area contributed by atoms with Crippen LogP contribution in [0.1, 0.15) is 19.3 Å². The predicted octanol–water partition coefficient (Wildman–Crippen LogP) is 1.11. The Morgan fingerprint density at radius 2 is 2.12 bits per heavy atom. The van der Waals surface area contributed by atoms with Gasteiger partial charge in [-0.25, -0.2) is 14.6 Å². The van der Waals surface area contributed by atoms with Gasteiger partial charge in [-0.2, -0.15) is 5.10 Å². The number of aromatic nitrogens is 4. The minimum atomic E-state index is -0.0902. The first kappa shape index (κ1) is 17.2. The molecule has 25 heavy (non-hydrogen) atoms. The second-order valence-electron chi connectivity index (χ2n) is 6.53. The van der Waals surface area contributed by atoms with Crippen LogP contribution in [0.15, 0.2) is 29.3 Å². The molecular formula is C17H25N7O. The molecular weight excluding hydrogens is 318 g/mol. The van der Waals surface area contributed by atoms with E-state index in [1.807, 2.05) is 31.1 Å². The average molecular weight is 343 g/mol. The van der Waals surface area contributed by atoms with E-state index >= 15 is 0 Å². The van der Waals surface area contributed by atoms with Crippen LogP contribution in [0.25, 0.3) is 0 Å². The highest BCUT2D eigenvalue weighted by Gasteiger charge is 2.24. The van der Waals surface area contributed by atoms with E-state index in [0.717, 1.165) is 43.4 Å². The summed E-state index contributed by atoms with van der Waals surface area (Å²) in [5.74, 6) is 2.54. The van der Waals surface area contributed by atoms with Crippen LogP contribution in [0.5, 0.6) is 0 Å². The van der Waals surface area contributed by atoms with Crippen molar-refractivity contribution >= 4 is 17.5 Å². The van der Waals surface area contributed by atoms with Crippen molar-refractivity contribution < 1.29 is 0 Å². The third kappa shape index (κ3) is 4.07. The summed E-state index contributed by atoms with van der Waals surface area (Å²) in [5, 5.41) is 7.83. The molecule has 0 aliphatic carbocycles. The third-order valence-electron chi connectivity index (χ3n) is 4.50. The maximum atomic E-state index is 11.6. The molecule has 8 heteroatoms. The van der Waals surface area contributed by atoms with Crippen LogP contribution in [0.2, 0.25) is 0 Å². The van der Waals surface area contributed by atoms with E-state index in [4.69, 9.17) is 0 Å². The lowest BCUT2D eigenvalue weighted by Crippen LogP contribution is -2.45. The van der Waals surface area contributed by atoms with Crippen LogP contribution < -0.4 is 20.7 Å². The summed E-state index contributed by atoms with van der Waals surface area (Å²) in [7, 11) is 5.60. The Kier molecular flexibility index (Phi) is 5.16. The lowest BCUT2D eigenvalue weighted by molar-refractivity contribution is 0.464. The average Bonchev–Trinajstić information content (AvgIpc) is 2.63. The van der Waals surface area contributed by atoms with E-state index < -0.39 is 0 Å². The first-order chi connectivity index (χ1) is 12.0. The number of hydrogen-bond donors (Lipinski definition) is 1. The van der Waals surface area contributed by atoms with E-state index in [-0.39, 0.29) is 5.56 Å². The Bertz CT molecular complexity index is 774. The molecule has 0 aromatic carbocycles. The van der Waals surface area contributed by atoms with Crippen LogP contribution >= 0.6 is 0 Å². The van der Waals surface area contributed by atoms with Crippen molar-refractivity contribution in [1.82, 2.24) is 19.7 Å². The molecule has 1 aliphatic heterocycles. The van der Waals surface area contributed by atoms with E-state index in [9.17, 15) is 4.79 Å². The van der Waals surface area contributed by atoms with E-state index in [1.54, 1.807) is 19.4 Å². The molecule has 1 unspecified atom stereocenters. The standard InChI is InChI=1S/C17H25N7O/c1-22(2)16-10-14(19-12-20-16)18-11-13-6-4-5-9-24(13)15-7-8-17(25)23(3)21-15/h7-8,10,12-13H,4-6,9,11H2,1-3H3,(H,18,19,20). The van der Waals surface area contributed by atoms with Gasteiger partial charge in [-0.05, 0) is 25.3 Å². The highest BCUT2D eigenvalue weighted by Crippen LogP contribution is 2.23. The Morgan fingerprint density at radius 1 is 1.28 bits per heavy atom. The largest absolute Gasteiger partial charge is 0.368 e. The summed E-state index contributed by atoms with van der Waals surface area (Å²) >= 11 is 0. The molecule has 0 radical (unpaired) electrons. The molecule has 8 nitrogen and oxygen atoms in total. The van der Waals surface area contributed by atoms with Crippen LogP contribution in [-0.2, 0) is 7.05 Å². The van der Waals surface area contributed by atoms with E-state index in [1.165, 1.54) is 11.1 Å². The lowest BCUT2D eigenvalue weighted by atomic mass is 10.0. The van der Waals surface area contributed by atoms with Gasteiger partial charge in [-0.1, -0.05) is 0 Å². The SMILES string of the molecule is CN(C)c1cc(NCC2CCCCN2c2ccc(=O)n(C)n2)ncn1. The van der Waals surface area contributed by atoms with Gasteiger partial charge in [0.1, 0.15) is 23.8 Å². The zero-order chi connectivity index (χ0) is 17.8. The summed E-state index contributed by atoms with van der Waals surface area (Å²) in [6, 6.07) is 5.65. The summed E-state index contributed by atoms with van der Waals surface area (Å²) in [5.41, 5.74) is -0.0902. The summed E-state index contributed by atoms with van der Waals surface area (Å²) < 4.78 is 1.39. The zero-order valence-electron chi connectivity index (χ0n) is 15.0. The number of nitrogens with zero attached hydrogens (tertiary/aromatic N) is 6. The predicted molar refractivity (Wildman–Crippen MR) is 99.3 cm³/mol. The van der Waals surface area contributed by atoms with Crippen molar-refractivity contribution in [3.8, 4) is 0 Å². The minimum absolute atomic E-state index is 0.0902. The Labute approximate surface area is 147 Å². The second-order valence-corrected chi connectivity index (χ2v) is 6.53. The van der Waals surface area contributed by atoms with Crippen molar-refractivity contribution in [2.45, 2.75) is 25.3 Å². The number of nitrogens with one attached hydrogen (secondary N) is 1. The van der Waals surface area contributed by atoms with Gasteiger partial charge >= 0.3 is 0 Å². The quantitative estimate of drug-likeness (QED) is 0.871. The van der Waals surface area contributed by atoms with Crippen LogP contribution in [0, 0.1) is 0 Å². The molecule has 2 aromatic heterocycles. The Morgan fingerprint density at radius 3 is 2.88 bits per heavy atom.